The number of aromatic nitrogens is 5. The highest BCUT2D eigenvalue weighted by Crippen LogP contribution is 2.11. The molecule has 9 heteroatoms. The van der Waals surface area contributed by atoms with Crippen LogP contribution in [0.25, 0.3) is 0 Å². The summed E-state index contributed by atoms with van der Waals surface area (Å²) in [6.45, 7) is 4.12. The summed E-state index contributed by atoms with van der Waals surface area (Å²) < 4.78 is 23.5. The lowest BCUT2D eigenvalue weighted by molar-refractivity contribution is 0.0945. The molecule has 2 heterocycles. The molecule has 124 valence electrons. The molecule has 1 aromatic carbocycles. The second kappa shape index (κ2) is 6.83. The van der Waals surface area contributed by atoms with E-state index in [2.05, 4.69) is 24.4 Å². The van der Waals surface area contributed by atoms with Crippen LogP contribution in [0, 0.1) is 19.7 Å². The molecule has 3 aromatic rings. The fraction of sp³-hybridized carbons (Fsp3) is 0.267. The van der Waals surface area contributed by atoms with Gasteiger partial charge >= 0.3 is 0 Å². The molecule has 2 aromatic heterocycles. The quantitative estimate of drug-likeness (QED) is 0.762. The average Bonchev–Trinajstić information content (AvgIpc) is 3.14. The minimum absolute atomic E-state index is 0.0902. The summed E-state index contributed by atoms with van der Waals surface area (Å²) in [7, 11) is 0. The van der Waals surface area contributed by atoms with Crippen LogP contribution in [0.15, 0.2) is 24.3 Å². The van der Waals surface area contributed by atoms with E-state index in [9.17, 15) is 9.18 Å². The zero-order valence-corrected chi connectivity index (χ0v) is 14.0. The molecule has 0 unspecified atom stereocenters. The van der Waals surface area contributed by atoms with Crippen LogP contribution < -0.4 is 5.32 Å². The van der Waals surface area contributed by atoms with Gasteiger partial charge in [0.05, 0.1) is 35.4 Å². The van der Waals surface area contributed by atoms with E-state index in [1.807, 2.05) is 6.92 Å². The van der Waals surface area contributed by atoms with E-state index in [1.165, 1.54) is 6.07 Å². The first-order chi connectivity index (χ1) is 11.6. The zero-order valence-electron chi connectivity index (χ0n) is 13.2. The third-order valence-corrected chi connectivity index (χ3v) is 4.30. The maximum Gasteiger partial charge on any atom is 0.274 e. The number of amides is 1. The van der Waals surface area contributed by atoms with Crippen molar-refractivity contribution < 1.29 is 9.18 Å². The summed E-state index contributed by atoms with van der Waals surface area (Å²) in [4.78, 5) is 12.3. The number of hydrogen-bond donors (Lipinski definition) is 1. The lowest BCUT2D eigenvalue weighted by Crippen LogP contribution is -2.24. The van der Waals surface area contributed by atoms with E-state index >= 15 is 0 Å². The Morgan fingerprint density at radius 3 is 2.79 bits per heavy atom. The standard InChI is InChI=1S/C15H15FN6OS/c1-9-13(20-24-19-9)8-22-10(2)14(18-21-22)15(23)17-7-11-5-3-4-6-12(11)16/h3-6H,7-8H2,1-2H3,(H,17,23). The van der Waals surface area contributed by atoms with Crippen LogP contribution in [0.2, 0.25) is 0 Å². The Kier molecular flexibility index (Phi) is 4.61. The number of rotatable bonds is 5. The molecule has 0 aliphatic rings. The van der Waals surface area contributed by atoms with Crippen LogP contribution in [0.5, 0.6) is 0 Å². The molecule has 0 spiro atoms. The number of halogens is 1. The molecule has 0 fully saturated rings. The van der Waals surface area contributed by atoms with Crippen molar-refractivity contribution in [3.05, 3.63) is 58.4 Å². The van der Waals surface area contributed by atoms with Crippen molar-refractivity contribution in [3.8, 4) is 0 Å². The van der Waals surface area contributed by atoms with E-state index in [0.29, 0.717) is 17.8 Å². The average molecular weight is 346 g/mol. The minimum Gasteiger partial charge on any atom is -0.346 e. The Balaban J connectivity index is 1.70. The Bertz CT molecular complexity index is 874. The Labute approximate surface area is 141 Å². The molecule has 0 aliphatic carbocycles. The normalized spacial score (nSPS) is 10.8. The van der Waals surface area contributed by atoms with Gasteiger partial charge in [0.25, 0.3) is 5.91 Å². The number of carbonyl (C=O) groups excluding carboxylic acids is 1. The predicted octanol–water partition coefficient (Wildman–Crippen LogP) is 1.86. The van der Waals surface area contributed by atoms with Crippen LogP contribution in [-0.4, -0.2) is 29.6 Å². The SMILES string of the molecule is Cc1nsnc1Cn1nnc(C(=O)NCc2ccccc2F)c1C. The Morgan fingerprint density at radius 2 is 2.08 bits per heavy atom. The smallest absolute Gasteiger partial charge is 0.274 e. The molecular formula is C15H15FN6OS. The highest BCUT2D eigenvalue weighted by Gasteiger charge is 2.18. The van der Waals surface area contributed by atoms with E-state index in [1.54, 1.807) is 29.8 Å². The molecule has 24 heavy (non-hydrogen) atoms. The van der Waals surface area contributed by atoms with Crippen LogP contribution >= 0.6 is 11.7 Å². The third-order valence-electron chi connectivity index (χ3n) is 3.64. The fourth-order valence-electron chi connectivity index (χ4n) is 2.16. The van der Waals surface area contributed by atoms with Gasteiger partial charge in [-0.1, -0.05) is 23.4 Å². The van der Waals surface area contributed by atoms with Crippen molar-refractivity contribution in [2.75, 3.05) is 0 Å². The fourth-order valence-corrected chi connectivity index (χ4v) is 2.71. The van der Waals surface area contributed by atoms with Gasteiger partial charge in [0.15, 0.2) is 5.69 Å². The number of nitrogens with zero attached hydrogens (tertiary/aromatic N) is 5. The summed E-state index contributed by atoms with van der Waals surface area (Å²) in [6, 6.07) is 6.30. The topological polar surface area (TPSA) is 85.6 Å². The maximum absolute atomic E-state index is 13.6. The molecule has 0 atom stereocenters. The van der Waals surface area contributed by atoms with Gasteiger partial charge in [0.2, 0.25) is 0 Å². The third kappa shape index (κ3) is 3.30. The summed E-state index contributed by atoms with van der Waals surface area (Å²) in [5.41, 5.74) is 2.88. The summed E-state index contributed by atoms with van der Waals surface area (Å²) >= 11 is 1.14. The Hall–Kier alpha value is -2.68. The lowest BCUT2D eigenvalue weighted by Gasteiger charge is -2.05. The molecule has 0 saturated heterocycles. The highest BCUT2D eigenvalue weighted by molar-refractivity contribution is 6.99. The van der Waals surface area contributed by atoms with Gasteiger partial charge in [0.1, 0.15) is 5.82 Å². The molecule has 3 rings (SSSR count). The molecule has 0 radical (unpaired) electrons. The van der Waals surface area contributed by atoms with Gasteiger partial charge in [-0.15, -0.1) is 5.10 Å². The van der Waals surface area contributed by atoms with Crippen molar-refractivity contribution in [2.24, 2.45) is 0 Å². The molecule has 0 aliphatic heterocycles. The van der Waals surface area contributed by atoms with Crippen LogP contribution in [0.3, 0.4) is 0 Å². The predicted molar refractivity (Wildman–Crippen MR) is 86.1 cm³/mol. The number of aryl methyl sites for hydroxylation is 1. The molecular weight excluding hydrogens is 331 g/mol. The molecule has 7 nitrogen and oxygen atoms in total. The number of hydrogen-bond acceptors (Lipinski definition) is 6. The van der Waals surface area contributed by atoms with Gasteiger partial charge in [0, 0.05) is 12.1 Å². The Morgan fingerprint density at radius 1 is 1.29 bits per heavy atom. The van der Waals surface area contributed by atoms with Crippen molar-refractivity contribution >= 4 is 17.6 Å². The number of benzene rings is 1. The minimum atomic E-state index is -0.393. The summed E-state index contributed by atoms with van der Waals surface area (Å²) in [5.74, 6) is -0.750. The highest BCUT2D eigenvalue weighted by atomic mass is 32.1. The molecule has 1 N–H and O–H groups in total. The molecule has 1 amide bonds. The van der Waals surface area contributed by atoms with E-state index in [-0.39, 0.29) is 18.1 Å². The van der Waals surface area contributed by atoms with Crippen LogP contribution in [-0.2, 0) is 13.1 Å². The maximum atomic E-state index is 13.6. The van der Waals surface area contributed by atoms with Crippen molar-refractivity contribution in [1.29, 1.82) is 0 Å². The second-order valence-electron chi connectivity index (χ2n) is 5.25. The summed E-state index contributed by atoms with van der Waals surface area (Å²) in [6.07, 6.45) is 0. The second-order valence-corrected chi connectivity index (χ2v) is 5.78. The van der Waals surface area contributed by atoms with E-state index in [4.69, 9.17) is 0 Å². The van der Waals surface area contributed by atoms with Gasteiger partial charge in [-0.3, -0.25) is 4.79 Å². The van der Waals surface area contributed by atoms with Crippen LogP contribution in [0.1, 0.15) is 33.1 Å². The first-order valence-corrected chi connectivity index (χ1v) is 7.99. The molecule has 0 bridgehead atoms. The zero-order chi connectivity index (χ0) is 17.1. The first-order valence-electron chi connectivity index (χ1n) is 7.26. The van der Waals surface area contributed by atoms with Crippen molar-refractivity contribution in [2.45, 2.75) is 26.9 Å². The van der Waals surface area contributed by atoms with Gasteiger partial charge < -0.3 is 5.32 Å². The molecule has 0 saturated carbocycles. The lowest BCUT2D eigenvalue weighted by atomic mass is 10.2. The van der Waals surface area contributed by atoms with Crippen LogP contribution in [0.4, 0.5) is 4.39 Å². The van der Waals surface area contributed by atoms with Crippen molar-refractivity contribution in [1.82, 2.24) is 29.1 Å². The van der Waals surface area contributed by atoms with Crippen molar-refractivity contribution in [3.63, 3.8) is 0 Å². The number of carbonyl (C=O) groups is 1. The monoisotopic (exact) mass is 346 g/mol. The van der Waals surface area contributed by atoms with Gasteiger partial charge in [-0.25, -0.2) is 9.07 Å². The van der Waals surface area contributed by atoms with Gasteiger partial charge in [-0.05, 0) is 19.9 Å². The number of nitrogens with one attached hydrogen (secondary N) is 1. The van der Waals surface area contributed by atoms with Gasteiger partial charge in [-0.2, -0.15) is 8.75 Å². The van der Waals surface area contributed by atoms with E-state index < -0.39 is 5.91 Å². The van der Waals surface area contributed by atoms with E-state index in [0.717, 1.165) is 23.1 Å². The summed E-state index contributed by atoms with van der Waals surface area (Å²) in [5, 5.41) is 10.6. The first kappa shape index (κ1) is 16.2. The largest absolute Gasteiger partial charge is 0.346 e.